The van der Waals surface area contributed by atoms with E-state index in [0.29, 0.717) is 18.5 Å². The number of fused-ring (bicyclic) bond motifs is 2. The molecular weight excluding hydrogens is 433 g/mol. The third-order valence-corrected chi connectivity index (χ3v) is 7.08. The summed E-state index contributed by atoms with van der Waals surface area (Å²) in [6, 6.07) is 15.6. The fraction of sp³-hybridized carbons (Fsp3) is 0.192. The quantitative estimate of drug-likeness (QED) is 0.314. The molecule has 0 aliphatic carbocycles. The molecule has 0 spiro atoms. The van der Waals surface area contributed by atoms with Gasteiger partial charge in [-0.05, 0) is 60.7 Å². The van der Waals surface area contributed by atoms with Gasteiger partial charge >= 0.3 is 0 Å². The number of thiophene rings is 1. The van der Waals surface area contributed by atoms with Gasteiger partial charge in [-0.2, -0.15) is 5.26 Å². The zero-order valence-electron chi connectivity index (χ0n) is 18.4. The van der Waals surface area contributed by atoms with Gasteiger partial charge < -0.3 is 10.3 Å². The summed E-state index contributed by atoms with van der Waals surface area (Å²) in [5.74, 6) is 0.574. The number of hydrogen-bond donors (Lipinski definition) is 2. The van der Waals surface area contributed by atoms with Crippen LogP contribution in [0.15, 0.2) is 48.8 Å². The molecule has 33 heavy (non-hydrogen) atoms. The van der Waals surface area contributed by atoms with Gasteiger partial charge in [0.05, 0.1) is 28.2 Å². The molecule has 7 heteroatoms. The number of aromatic nitrogens is 3. The van der Waals surface area contributed by atoms with E-state index in [-0.39, 0.29) is 5.82 Å². The molecular formula is C26H22FN5S. The molecule has 0 atom stereocenters. The summed E-state index contributed by atoms with van der Waals surface area (Å²) in [5, 5.41) is 13.4. The summed E-state index contributed by atoms with van der Waals surface area (Å²) in [4.78, 5) is 13.2. The van der Waals surface area contributed by atoms with E-state index < -0.39 is 0 Å². The van der Waals surface area contributed by atoms with Crippen LogP contribution >= 0.6 is 11.3 Å². The molecule has 0 unspecified atom stereocenters. The molecule has 3 heterocycles. The highest BCUT2D eigenvalue weighted by molar-refractivity contribution is 7.22. The Balaban J connectivity index is 1.40. The first-order chi connectivity index (χ1) is 16.0. The highest BCUT2D eigenvalue weighted by Crippen LogP contribution is 2.36. The smallest absolute Gasteiger partial charge is 0.147 e. The van der Waals surface area contributed by atoms with Crippen LogP contribution in [0.4, 0.5) is 10.2 Å². The molecule has 164 valence electrons. The fourth-order valence-electron chi connectivity index (χ4n) is 4.31. The van der Waals surface area contributed by atoms with E-state index in [1.54, 1.807) is 17.7 Å². The Kier molecular flexibility index (Phi) is 5.53. The second-order valence-corrected chi connectivity index (χ2v) is 9.15. The number of rotatable bonds is 6. The Morgan fingerprint density at radius 3 is 2.88 bits per heavy atom. The molecule has 0 saturated carbocycles. The number of halogens is 1. The standard InChI is InChI=1S/C26H22FN5S/c1-15-6-7-20(27)24-23(15)19(16(2)32-24)9-11-29-26-25-21(30-14-31-26)13-22(33-25)18-5-3-4-17(12-18)8-10-28/h3-7,12-14,32H,8-9,11H2,1-2H3,(H,29,30,31). The third kappa shape index (κ3) is 3.94. The van der Waals surface area contributed by atoms with Crippen LogP contribution in [0.25, 0.3) is 31.6 Å². The molecule has 0 fully saturated rings. The van der Waals surface area contributed by atoms with Gasteiger partial charge in [-0.3, -0.25) is 0 Å². The lowest BCUT2D eigenvalue weighted by atomic mass is 10.0. The van der Waals surface area contributed by atoms with Crippen LogP contribution in [0.1, 0.15) is 22.4 Å². The lowest BCUT2D eigenvalue weighted by molar-refractivity contribution is 0.637. The van der Waals surface area contributed by atoms with E-state index in [4.69, 9.17) is 5.26 Å². The van der Waals surface area contributed by atoms with Crippen molar-refractivity contribution in [2.45, 2.75) is 26.7 Å². The van der Waals surface area contributed by atoms with Crippen LogP contribution in [-0.4, -0.2) is 21.5 Å². The Bertz CT molecular complexity index is 1530. The van der Waals surface area contributed by atoms with Crippen molar-refractivity contribution in [3.05, 3.63) is 77.0 Å². The van der Waals surface area contributed by atoms with Crippen LogP contribution in [0.5, 0.6) is 0 Å². The predicted octanol–water partition coefficient (Wildman–Crippen LogP) is 6.32. The molecule has 0 radical (unpaired) electrons. The van der Waals surface area contributed by atoms with Gasteiger partial charge in [0.1, 0.15) is 18.0 Å². The number of nitrogens with zero attached hydrogens (tertiary/aromatic N) is 3. The minimum atomic E-state index is -0.222. The van der Waals surface area contributed by atoms with Gasteiger partial charge in [-0.25, -0.2) is 14.4 Å². The number of H-pyrrole nitrogens is 1. The van der Waals surface area contributed by atoms with E-state index in [9.17, 15) is 4.39 Å². The van der Waals surface area contributed by atoms with Gasteiger partial charge in [0.15, 0.2) is 0 Å². The predicted molar refractivity (Wildman–Crippen MR) is 132 cm³/mol. The minimum Gasteiger partial charge on any atom is -0.368 e. The summed E-state index contributed by atoms with van der Waals surface area (Å²) in [5.41, 5.74) is 6.72. The highest BCUT2D eigenvalue weighted by Gasteiger charge is 2.15. The Morgan fingerprint density at radius 2 is 2.03 bits per heavy atom. The number of benzene rings is 2. The van der Waals surface area contributed by atoms with Crippen molar-refractivity contribution in [2.75, 3.05) is 11.9 Å². The minimum absolute atomic E-state index is 0.222. The van der Waals surface area contributed by atoms with Crippen molar-refractivity contribution >= 4 is 38.3 Å². The summed E-state index contributed by atoms with van der Waals surface area (Å²) < 4.78 is 15.2. The maximum Gasteiger partial charge on any atom is 0.147 e. The van der Waals surface area contributed by atoms with E-state index in [2.05, 4.69) is 38.5 Å². The second kappa shape index (κ2) is 8.64. The zero-order chi connectivity index (χ0) is 22.9. The Morgan fingerprint density at radius 1 is 1.15 bits per heavy atom. The van der Waals surface area contributed by atoms with Crippen LogP contribution < -0.4 is 5.32 Å². The number of nitrogens with one attached hydrogen (secondary N) is 2. The van der Waals surface area contributed by atoms with Crippen molar-refractivity contribution < 1.29 is 4.39 Å². The lowest BCUT2D eigenvalue weighted by Gasteiger charge is -2.08. The van der Waals surface area contributed by atoms with E-state index in [1.165, 1.54) is 6.07 Å². The molecule has 5 aromatic rings. The molecule has 0 saturated heterocycles. The topological polar surface area (TPSA) is 77.4 Å². The van der Waals surface area contributed by atoms with Gasteiger partial charge in [0, 0.05) is 22.5 Å². The van der Waals surface area contributed by atoms with Crippen molar-refractivity contribution in [1.29, 1.82) is 5.26 Å². The normalized spacial score (nSPS) is 11.2. The highest BCUT2D eigenvalue weighted by atomic mass is 32.1. The maximum atomic E-state index is 14.3. The molecule has 2 aromatic carbocycles. The van der Waals surface area contributed by atoms with Gasteiger partial charge in [-0.1, -0.05) is 24.3 Å². The maximum absolute atomic E-state index is 14.3. The van der Waals surface area contributed by atoms with Crippen molar-refractivity contribution in [2.24, 2.45) is 0 Å². The molecule has 0 amide bonds. The van der Waals surface area contributed by atoms with Crippen molar-refractivity contribution in [3.63, 3.8) is 0 Å². The third-order valence-electron chi connectivity index (χ3n) is 5.90. The van der Waals surface area contributed by atoms with E-state index in [1.807, 2.05) is 38.1 Å². The van der Waals surface area contributed by atoms with Crippen LogP contribution in [0.3, 0.4) is 0 Å². The summed E-state index contributed by atoms with van der Waals surface area (Å²) in [6.07, 6.45) is 2.71. The zero-order valence-corrected chi connectivity index (χ0v) is 19.2. The fourth-order valence-corrected chi connectivity index (χ4v) is 5.38. The average molecular weight is 456 g/mol. The van der Waals surface area contributed by atoms with Crippen LogP contribution in [0.2, 0.25) is 0 Å². The van der Waals surface area contributed by atoms with E-state index >= 15 is 0 Å². The summed E-state index contributed by atoms with van der Waals surface area (Å²) in [6.45, 7) is 4.67. The second-order valence-electron chi connectivity index (χ2n) is 8.10. The number of anilines is 1. The molecule has 0 aliphatic heterocycles. The van der Waals surface area contributed by atoms with Crippen LogP contribution in [-0.2, 0) is 12.8 Å². The van der Waals surface area contributed by atoms with Crippen molar-refractivity contribution in [1.82, 2.24) is 15.0 Å². The first-order valence-corrected chi connectivity index (χ1v) is 11.6. The number of aromatic amines is 1. The largest absolute Gasteiger partial charge is 0.368 e. The summed E-state index contributed by atoms with van der Waals surface area (Å²) >= 11 is 1.64. The molecule has 2 N–H and O–H groups in total. The molecule has 5 rings (SSSR count). The average Bonchev–Trinajstić information content (AvgIpc) is 3.40. The first kappa shape index (κ1) is 21.1. The van der Waals surface area contributed by atoms with Crippen molar-refractivity contribution in [3.8, 4) is 16.5 Å². The van der Waals surface area contributed by atoms with Gasteiger partial charge in [0.25, 0.3) is 0 Å². The van der Waals surface area contributed by atoms with Gasteiger partial charge in [-0.15, -0.1) is 11.3 Å². The van der Waals surface area contributed by atoms with Crippen LogP contribution in [0, 0.1) is 31.0 Å². The number of nitriles is 1. The molecule has 3 aromatic heterocycles. The summed E-state index contributed by atoms with van der Waals surface area (Å²) in [7, 11) is 0. The SMILES string of the molecule is Cc1[nH]c2c(F)ccc(C)c2c1CCNc1ncnc2cc(-c3cccc(CC#N)c3)sc12. The number of aryl methyl sites for hydroxylation is 2. The first-order valence-electron chi connectivity index (χ1n) is 10.8. The van der Waals surface area contributed by atoms with E-state index in [0.717, 1.165) is 60.7 Å². The molecule has 0 aliphatic rings. The Labute approximate surface area is 194 Å². The number of hydrogen-bond acceptors (Lipinski definition) is 5. The van der Waals surface area contributed by atoms with Gasteiger partial charge in [0.2, 0.25) is 0 Å². The monoisotopic (exact) mass is 455 g/mol. The molecule has 5 nitrogen and oxygen atoms in total. The Hall–Kier alpha value is -3.76. The lowest BCUT2D eigenvalue weighted by Crippen LogP contribution is -2.07. The molecule has 0 bridgehead atoms.